The number of aliphatic imine (C=N–C) groups is 1. The van der Waals surface area contributed by atoms with Gasteiger partial charge in [0.1, 0.15) is 0 Å². The second-order valence-electron chi connectivity index (χ2n) is 7.75. The molecule has 3 aromatic rings. The van der Waals surface area contributed by atoms with Crippen molar-refractivity contribution in [3.63, 3.8) is 0 Å². The summed E-state index contributed by atoms with van der Waals surface area (Å²) < 4.78 is 1.87. The van der Waals surface area contributed by atoms with Crippen LogP contribution in [-0.2, 0) is 13.1 Å². The van der Waals surface area contributed by atoms with Crippen molar-refractivity contribution < 1.29 is 0 Å². The first-order valence-electron chi connectivity index (χ1n) is 10.6. The Morgan fingerprint density at radius 2 is 1.97 bits per heavy atom. The third-order valence-electron chi connectivity index (χ3n) is 5.46. The lowest BCUT2D eigenvalue weighted by Crippen LogP contribution is -2.50. The highest BCUT2D eigenvalue weighted by atomic mass is 15.3. The second-order valence-corrected chi connectivity index (χ2v) is 7.75. The Morgan fingerprint density at radius 3 is 2.77 bits per heavy atom. The number of benzene rings is 2. The lowest BCUT2D eigenvalue weighted by Gasteiger charge is -2.34. The van der Waals surface area contributed by atoms with Gasteiger partial charge in [-0.25, -0.2) is 4.68 Å². The maximum absolute atomic E-state index is 4.44. The average Bonchev–Trinajstić information content (AvgIpc) is 3.33. The quantitative estimate of drug-likeness (QED) is 0.491. The van der Waals surface area contributed by atoms with E-state index in [0.29, 0.717) is 6.04 Å². The fourth-order valence-corrected chi connectivity index (χ4v) is 3.96. The fraction of sp³-hybridized carbons (Fsp3) is 0.333. The number of piperidine rings is 1. The molecule has 0 saturated carbocycles. The van der Waals surface area contributed by atoms with E-state index in [9.17, 15) is 0 Å². The Balaban J connectivity index is 1.30. The van der Waals surface area contributed by atoms with Crippen molar-refractivity contribution in [2.75, 3.05) is 20.1 Å². The minimum Gasteiger partial charge on any atom is -0.352 e. The molecule has 1 saturated heterocycles. The van der Waals surface area contributed by atoms with Crippen LogP contribution in [0, 0.1) is 0 Å². The van der Waals surface area contributed by atoms with Gasteiger partial charge in [-0.1, -0.05) is 42.5 Å². The van der Waals surface area contributed by atoms with Crippen LogP contribution in [0.5, 0.6) is 0 Å². The van der Waals surface area contributed by atoms with E-state index < -0.39 is 0 Å². The van der Waals surface area contributed by atoms with Gasteiger partial charge in [0.2, 0.25) is 0 Å². The van der Waals surface area contributed by atoms with E-state index in [1.807, 2.05) is 24.0 Å². The Hall–Kier alpha value is -3.12. The van der Waals surface area contributed by atoms with Gasteiger partial charge in [0.15, 0.2) is 5.96 Å². The number of rotatable bonds is 6. The van der Waals surface area contributed by atoms with Gasteiger partial charge in [-0.05, 0) is 48.7 Å². The molecule has 156 valence electrons. The highest BCUT2D eigenvalue weighted by Gasteiger charge is 2.20. The van der Waals surface area contributed by atoms with Gasteiger partial charge in [-0.3, -0.25) is 9.89 Å². The first kappa shape index (κ1) is 20.2. The van der Waals surface area contributed by atoms with E-state index in [2.05, 4.69) is 80.2 Å². The van der Waals surface area contributed by atoms with Gasteiger partial charge < -0.3 is 10.6 Å². The molecule has 0 radical (unpaired) electrons. The largest absolute Gasteiger partial charge is 0.352 e. The van der Waals surface area contributed by atoms with Crippen LogP contribution in [0.25, 0.3) is 5.69 Å². The second kappa shape index (κ2) is 10.1. The predicted molar refractivity (Wildman–Crippen MR) is 122 cm³/mol. The summed E-state index contributed by atoms with van der Waals surface area (Å²) in [4.78, 5) is 6.96. The molecule has 0 spiro atoms. The molecule has 2 heterocycles. The van der Waals surface area contributed by atoms with Crippen molar-refractivity contribution in [2.45, 2.75) is 32.0 Å². The number of guanidine groups is 1. The van der Waals surface area contributed by atoms with E-state index >= 15 is 0 Å². The SMILES string of the molecule is CN=C(NCc1cccc(-n2cccn2)c1)NC1CCCN(Cc2ccccc2)C1. The molecule has 1 aromatic heterocycles. The summed E-state index contributed by atoms with van der Waals surface area (Å²) in [6.07, 6.45) is 6.12. The topological polar surface area (TPSA) is 57.5 Å². The summed E-state index contributed by atoms with van der Waals surface area (Å²) in [5, 5.41) is 11.4. The Kier molecular flexibility index (Phi) is 6.77. The Bertz CT molecular complexity index is 935. The molecule has 30 heavy (non-hydrogen) atoms. The highest BCUT2D eigenvalue weighted by molar-refractivity contribution is 5.80. The molecule has 1 aliphatic rings. The van der Waals surface area contributed by atoms with Gasteiger partial charge in [0.25, 0.3) is 0 Å². The van der Waals surface area contributed by atoms with Crippen LogP contribution in [0.15, 0.2) is 78.0 Å². The Morgan fingerprint density at radius 1 is 1.10 bits per heavy atom. The maximum atomic E-state index is 4.44. The zero-order valence-electron chi connectivity index (χ0n) is 17.5. The maximum Gasteiger partial charge on any atom is 0.191 e. The number of hydrogen-bond donors (Lipinski definition) is 2. The number of likely N-dealkylation sites (tertiary alicyclic amines) is 1. The monoisotopic (exact) mass is 402 g/mol. The van der Waals surface area contributed by atoms with Crippen LogP contribution < -0.4 is 10.6 Å². The number of nitrogens with zero attached hydrogens (tertiary/aromatic N) is 4. The summed E-state index contributed by atoms with van der Waals surface area (Å²) in [6.45, 7) is 3.91. The lowest BCUT2D eigenvalue weighted by atomic mass is 10.0. The van der Waals surface area contributed by atoms with Crippen LogP contribution in [-0.4, -0.2) is 46.8 Å². The molecular weight excluding hydrogens is 372 g/mol. The summed E-state index contributed by atoms with van der Waals surface area (Å²) >= 11 is 0. The molecule has 1 fully saturated rings. The third kappa shape index (κ3) is 5.48. The summed E-state index contributed by atoms with van der Waals surface area (Å²) in [6, 6.07) is 21.4. The van der Waals surface area contributed by atoms with Crippen molar-refractivity contribution in [3.8, 4) is 5.69 Å². The van der Waals surface area contributed by atoms with Crippen molar-refractivity contribution in [1.82, 2.24) is 25.3 Å². The molecule has 0 bridgehead atoms. The van der Waals surface area contributed by atoms with Gasteiger partial charge in [-0.2, -0.15) is 5.10 Å². The van der Waals surface area contributed by atoms with E-state index in [1.165, 1.54) is 24.0 Å². The first-order chi connectivity index (χ1) is 14.8. The Labute approximate surface area is 178 Å². The van der Waals surface area contributed by atoms with E-state index in [0.717, 1.165) is 37.8 Å². The zero-order chi connectivity index (χ0) is 20.6. The van der Waals surface area contributed by atoms with Gasteiger partial charge >= 0.3 is 0 Å². The van der Waals surface area contributed by atoms with E-state index in [4.69, 9.17) is 0 Å². The van der Waals surface area contributed by atoms with Crippen LogP contribution in [0.3, 0.4) is 0 Å². The molecule has 1 unspecified atom stereocenters. The predicted octanol–water partition coefficient (Wildman–Crippen LogP) is 3.20. The molecule has 1 atom stereocenters. The summed E-state index contributed by atoms with van der Waals surface area (Å²) in [5.74, 6) is 0.853. The van der Waals surface area contributed by atoms with Gasteiger partial charge in [0.05, 0.1) is 5.69 Å². The van der Waals surface area contributed by atoms with Crippen molar-refractivity contribution in [3.05, 3.63) is 84.2 Å². The van der Waals surface area contributed by atoms with Crippen molar-refractivity contribution in [1.29, 1.82) is 0 Å². The molecule has 4 rings (SSSR count). The van der Waals surface area contributed by atoms with Crippen molar-refractivity contribution in [2.24, 2.45) is 4.99 Å². The van der Waals surface area contributed by atoms with Crippen molar-refractivity contribution >= 4 is 5.96 Å². The highest BCUT2D eigenvalue weighted by Crippen LogP contribution is 2.14. The minimum absolute atomic E-state index is 0.407. The smallest absolute Gasteiger partial charge is 0.191 e. The van der Waals surface area contributed by atoms with Gasteiger partial charge in [-0.15, -0.1) is 0 Å². The zero-order valence-corrected chi connectivity index (χ0v) is 17.5. The number of nitrogens with one attached hydrogen (secondary N) is 2. The summed E-state index contributed by atoms with van der Waals surface area (Å²) in [7, 11) is 1.83. The van der Waals surface area contributed by atoms with Crippen LogP contribution in [0.2, 0.25) is 0 Å². The van der Waals surface area contributed by atoms with E-state index in [1.54, 1.807) is 6.20 Å². The number of hydrogen-bond acceptors (Lipinski definition) is 3. The molecule has 2 N–H and O–H groups in total. The normalized spacial score (nSPS) is 17.6. The number of aromatic nitrogens is 2. The fourth-order valence-electron chi connectivity index (χ4n) is 3.96. The summed E-state index contributed by atoms with van der Waals surface area (Å²) in [5.41, 5.74) is 3.63. The first-order valence-corrected chi connectivity index (χ1v) is 10.6. The van der Waals surface area contributed by atoms with Crippen LogP contribution in [0.4, 0.5) is 0 Å². The third-order valence-corrected chi connectivity index (χ3v) is 5.46. The molecular formula is C24H30N6. The average molecular weight is 403 g/mol. The molecule has 2 aromatic carbocycles. The van der Waals surface area contributed by atoms with Gasteiger partial charge in [0, 0.05) is 45.1 Å². The standard InChI is InChI=1S/C24H30N6/c1-25-24(26-17-21-10-5-12-23(16-21)30-15-7-13-27-30)28-22-11-6-14-29(19-22)18-20-8-3-2-4-9-20/h2-5,7-10,12-13,15-16,22H,6,11,14,17-19H2,1H3,(H2,25,26,28). The molecule has 0 aliphatic carbocycles. The molecule has 0 amide bonds. The van der Waals surface area contributed by atoms with E-state index in [-0.39, 0.29) is 0 Å². The molecule has 6 nitrogen and oxygen atoms in total. The molecule has 1 aliphatic heterocycles. The lowest BCUT2D eigenvalue weighted by molar-refractivity contribution is 0.192. The van der Waals surface area contributed by atoms with Crippen LogP contribution in [0.1, 0.15) is 24.0 Å². The minimum atomic E-state index is 0.407. The molecule has 6 heteroatoms. The van der Waals surface area contributed by atoms with Crippen LogP contribution >= 0.6 is 0 Å².